The molecule has 0 amide bonds. The third-order valence-electron chi connectivity index (χ3n) is 2.57. The maximum absolute atomic E-state index is 12.9. The number of aliphatic hydroxyl groups is 1. The van der Waals surface area contributed by atoms with Gasteiger partial charge in [0.1, 0.15) is 5.82 Å². The van der Waals surface area contributed by atoms with Gasteiger partial charge in [0.05, 0.1) is 12.3 Å². The third kappa shape index (κ3) is 3.32. The summed E-state index contributed by atoms with van der Waals surface area (Å²) >= 11 is 0. The lowest BCUT2D eigenvalue weighted by Crippen LogP contribution is -2.01. The Morgan fingerprint density at radius 3 is 2.65 bits per heavy atom. The molecule has 0 bridgehead atoms. The van der Waals surface area contributed by atoms with E-state index in [4.69, 9.17) is 0 Å². The Morgan fingerprint density at radius 2 is 1.94 bits per heavy atom. The summed E-state index contributed by atoms with van der Waals surface area (Å²) in [6.07, 6.45) is 6.61. The van der Waals surface area contributed by atoms with Crippen LogP contribution >= 0.6 is 0 Å². The first-order valence-electron chi connectivity index (χ1n) is 5.43. The number of halogens is 1. The lowest BCUT2D eigenvalue weighted by atomic mass is 10.0. The van der Waals surface area contributed by atoms with Crippen molar-refractivity contribution >= 4 is 0 Å². The normalized spacial score (nSPS) is 12.4. The first-order chi connectivity index (χ1) is 8.25. The molecule has 1 atom stereocenters. The molecule has 2 aromatic rings. The Kier molecular flexibility index (Phi) is 3.77. The Bertz CT molecular complexity index is 476. The van der Waals surface area contributed by atoms with Crippen LogP contribution in [0.4, 0.5) is 4.39 Å². The van der Waals surface area contributed by atoms with Crippen LogP contribution in [0.2, 0.25) is 0 Å². The van der Waals surface area contributed by atoms with Crippen LogP contribution in [0.25, 0.3) is 0 Å². The Balaban J connectivity index is 1.96. The van der Waals surface area contributed by atoms with Crippen molar-refractivity contribution in [2.24, 2.45) is 0 Å². The molecule has 17 heavy (non-hydrogen) atoms. The van der Waals surface area contributed by atoms with Gasteiger partial charge >= 0.3 is 0 Å². The van der Waals surface area contributed by atoms with E-state index in [0.717, 1.165) is 18.2 Å². The first-order valence-corrected chi connectivity index (χ1v) is 5.43. The van der Waals surface area contributed by atoms with Crippen molar-refractivity contribution in [2.75, 3.05) is 0 Å². The van der Waals surface area contributed by atoms with Gasteiger partial charge in [0, 0.05) is 24.2 Å². The Hall–Kier alpha value is -1.81. The molecule has 0 aliphatic heterocycles. The Labute approximate surface area is 99.0 Å². The molecule has 2 rings (SSSR count). The average Bonchev–Trinajstić information content (AvgIpc) is 2.37. The molecule has 0 aliphatic carbocycles. The largest absolute Gasteiger partial charge is 0.388 e. The topological polar surface area (TPSA) is 46.0 Å². The Morgan fingerprint density at radius 1 is 1.18 bits per heavy atom. The highest BCUT2D eigenvalue weighted by Crippen LogP contribution is 2.18. The highest BCUT2D eigenvalue weighted by atomic mass is 19.1. The summed E-state index contributed by atoms with van der Waals surface area (Å²) in [7, 11) is 0. The van der Waals surface area contributed by atoms with E-state index in [-0.39, 0.29) is 0 Å². The van der Waals surface area contributed by atoms with Crippen molar-refractivity contribution < 1.29 is 9.50 Å². The summed E-state index contributed by atoms with van der Waals surface area (Å²) in [6, 6.07) is 5.11. The van der Waals surface area contributed by atoms with E-state index in [9.17, 15) is 9.50 Å². The van der Waals surface area contributed by atoms with E-state index in [0.29, 0.717) is 12.0 Å². The van der Waals surface area contributed by atoms with Crippen molar-refractivity contribution in [3.05, 3.63) is 59.9 Å². The minimum Gasteiger partial charge on any atom is -0.388 e. The smallest absolute Gasteiger partial charge is 0.141 e. The molecular formula is C13H13FN2O. The molecule has 2 aromatic heterocycles. The lowest BCUT2D eigenvalue weighted by molar-refractivity contribution is 0.167. The van der Waals surface area contributed by atoms with Crippen LogP contribution in [-0.4, -0.2) is 15.1 Å². The molecule has 0 saturated carbocycles. The fraction of sp³-hybridized carbons (Fsp3) is 0.231. The number of aromatic nitrogens is 2. The zero-order valence-electron chi connectivity index (χ0n) is 9.25. The highest BCUT2D eigenvalue weighted by Gasteiger charge is 2.08. The van der Waals surface area contributed by atoms with E-state index in [1.807, 2.05) is 12.1 Å². The molecule has 0 aromatic carbocycles. The van der Waals surface area contributed by atoms with Crippen LogP contribution in [0.15, 0.2) is 43.0 Å². The SMILES string of the molecule is OC(CCc1ccncc1)c1cncc(F)c1. The van der Waals surface area contributed by atoms with Gasteiger partial charge in [-0.2, -0.15) is 0 Å². The van der Waals surface area contributed by atoms with Crippen molar-refractivity contribution in [3.8, 4) is 0 Å². The van der Waals surface area contributed by atoms with Crippen molar-refractivity contribution in [3.63, 3.8) is 0 Å². The number of aliphatic hydroxyl groups excluding tert-OH is 1. The number of hydrogen-bond donors (Lipinski definition) is 1. The second kappa shape index (κ2) is 5.50. The van der Waals surface area contributed by atoms with Gasteiger partial charge in [0.15, 0.2) is 0 Å². The predicted molar refractivity (Wildman–Crippen MR) is 61.7 cm³/mol. The van der Waals surface area contributed by atoms with Crippen molar-refractivity contribution in [2.45, 2.75) is 18.9 Å². The van der Waals surface area contributed by atoms with E-state index >= 15 is 0 Å². The molecule has 2 heterocycles. The predicted octanol–water partition coefficient (Wildman–Crippen LogP) is 2.28. The van der Waals surface area contributed by atoms with Crippen molar-refractivity contribution in [1.29, 1.82) is 0 Å². The van der Waals surface area contributed by atoms with Crippen LogP contribution < -0.4 is 0 Å². The molecule has 1 unspecified atom stereocenters. The van der Waals surface area contributed by atoms with E-state index < -0.39 is 11.9 Å². The monoisotopic (exact) mass is 232 g/mol. The highest BCUT2D eigenvalue weighted by molar-refractivity contribution is 5.15. The van der Waals surface area contributed by atoms with Crippen LogP contribution in [0.3, 0.4) is 0 Å². The summed E-state index contributed by atoms with van der Waals surface area (Å²) in [4.78, 5) is 7.64. The van der Waals surface area contributed by atoms with Gasteiger partial charge in [0.25, 0.3) is 0 Å². The van der Waals surface area contributed by atoms with Crippen LogP contribution in [-0.2, 0) is 6.42 Å². The summed E-state index contributed by atoms with van der Waals surface area (Å²) < 4.78 is 12.9. The van der Waals surface area contributed by atoms with Crippen LogP contribution in [0.1, 0.15) is 23.7 Å². The second-order valence-electron chi connectivity index (χ2n) is 3.85. The number of hydrogen-bond acceptors (Lipinski definition) is 3. The van der Waals surface area contributed by atoms with Gasteiger partial charge in [-0.25, -0.2) is 4.39 Å². The van der Waals surface area contributed by atoms with Gasteiger partial charge in [-0.1, -0.05) is 0 Å². The molecule has 0 radical (unpaired) electrons. The fourth-order valence-electron chi connectivity index (χ4n) is 1.63. The molecule has 88 valence electrons. The maximum Gasteiger partial charge on any atom is 0.141 e. The summed E-state index contributed by atoms with van der Waals surface area (Å²) in [5.41, 5.74) is 1.61. The molecule has 0 spiro atoms. The minimum atomic E-state index is -0.689. The number of nitrogens with zero attached hydrogens (tertiary/aromatic N) is 2. The molecule has 4 heteroatoms. The van der Waals surface area contributed by atoms with Gasteiger partial charge < -0.3 is 5.11 Å². The second-order valence-corrected chi connectivity index (χ2v) is 3.85. The molecule has 0 fully saturated rings. The fourth-order valence-corrected chi connectivity index (χ4v) is 1.63. The zero-order valence-corrected chi connectivity index (χ0v) is 9.25. The van der Waals surface area contributed by atoms with Crippen LogP contribution in [0, 0.1) is 5.82 Å². The van der Waals surface area contributed by atoms with Gasteiger partial charge in [-0.15, -0.1) is 0 Å². The van der Waals surface area contributed by atoms with Crippen molar-refractivity contribution in [1.82, 2.24) is 9.97 Å². The quantitative estimate of drug-likeness (QED) is 0.879. The summed E-state index contributed by atoms with van der Waals surface area (Å²) in [5.74, 6) is -0.425. The average molecular weight is 232 g/mol. The third-order valence-corrected chi connectivity index (χ3v) is 2.57. The molecular weight excluding hydrogens is 219 g/mol. The van der Waals surface area contributed by atoms with E-state index in [1.165, 1.54) is 12.3 Å². The number of pyridine rings is 2. The number of rotatable bonds is 4. The van der Waals surface area contributed by atoms with Gasteiger partial charge in [-0.3, -0.25) is 9.97 Å². The summed E-state index contributed by atoms with van der Waals surface area (Å²) in [6.45, 7) is 0. The van der Waals surface area contributed by atoms with Crippen LogP contribution in [0.5, 0.6) is 0 Å². The first kappa shape index (κ1) is 11.7. The molecule has 0 saturated heterocycles. The lowest BCUT2D eigenvalue weighted by Gasteiger charge is -2.10. The maximum atomic E-state index is 12.9. The van der Waals surface area contributed by atoms with E-state index in [2.05, 4.69) is 9.97 Å². The molecule has 3 nitrogen and oxygen atoms in total. The van der Waals surface area contributed by atoms with E-state index in [1.54, 1.807) is 12.4 Å². The zero-order chi connectivity index (χ0) is 12.1. The summed E-state index contributed by atoms with van der Waals surface area (Å²) in [5, 5.41) is 9.88. The number of aryl methyl sites for hydroxylation is 1. The van der Waals surface area contributed by atoms with Gasteiger partial charge in [0.2, 0.25) is 0 Å². The minimum absolute atomic E-state index is 0.425. The molecule has 0 aliphatic rings. The standard InChI is InChI=1S/C13H13FN2O/c14-12-7-11(8-16-9-12)13(17)2-1-10-3-5-15-6-4-10/h3-9,13,17H,1-2H2. The van der Waals surface area contributed by atoms with Gasteiger partial charge in [-0.05, 0) is 36.6 Å². The molecule has 1 N–H and O–H groups in total.